The molecule has 1 aliphatic rings. The van der Waals surface area contributed by atoms with E-state index < -0.39 is 0 Å². The Labute approximate surface area is 113 Å². The molecule has 0 radical (unpaired) electrons. The summed E-state index contributed by atoms with van der Waals surface area (Å²) >= 11 is 0. The predicted molar refractivity (Wildman–Crippen MR) is 76.5 cm³/mol. The van der Waals surface area contributed by atoms with Crippen molar-refractivity contribution in [2.24, 2.45) is 0 Å². The molecule has 2 aromatic rings. The molecule has 0 bridgehead atoms. The molecular weight excluding hydrogens is 239 g/mol. The Morgan fingerprint density at radius 1 is 1.11 bits per heavy atom. The molecule has 0 saturated carbocycles. The lowest BCUT2D eigenvalue weighted by molar-refractivity contribution is 0.00578. The molecule has 4 nitrogen and oxygen atoms in total. The molecule has 1 N–H and O–H groups in total. The van der Waals surface area contributed by atoms with E-state index in [2.05, 4.69) is 49.8 Å². The first-order valence-corrected chi connectivity index (χ1v) is 6.59. The van der Waals surface area contributed by atoms with E-state index in [1.165, 1.54) is 0 Å². The molecule has 0 spiro atoms. The number of fused-ring (bicyclic) bond motifs is 1. The summed E-state index contributed by atoms with van der Waals surface area (Å²) in [6, 6.07) is 4.16. The van der Waals surface area contributed by atoms with Crippen molar-refractivity contribution >= 4 is 23.6 Å². The molecule has 2 aromatic heterocycles. The zero-order valence-corrected chi connectivity index (χ0v) is 12.1. The van der Waals surface area contributed by atoms with Gasteiger partial charge >= 0.3 is 7.12 Å². The Balaban J connectivity index is 1.97. The third kappa shape index (κ3) is 1.97. The summed E-state index contributed by atoms with van der Waals surface area (Å²) in [6.45, 7) is 10.2. The lowest BCUT2D eigenvalue weighted by Gasteiger charge is -2.32. The van der Waals surface area contributed by atoms with Crippen LogP contribution in [-0.4, -0.2) is 28.3 Å². The molecule has 0 aliphatic carbocycles. The van der Waals surface area contributed by atoms with Crippen molar-refractivity contribution in [2.75, 3.05) is 0 Å². The van der Waals surface area contributed by atoms with Gasteiger partial charge in [-0.3, -0.25) is 0 Å². The highest BCUT2D eigenvalue weighted by Gasteiger charge is 2.51. The number of hydrogen-bond donors (Lipinski definition) is 1. The maximum absolute atomic E-state index is 6.03. The van der Waals surface area contributed by atoms with Crippen molar-refractivity contribution in [3.8, 4) is 0 Å². The molecule has 19 heavy (non-hydrogen) atoms. The summed E-state index contributed by atoms with van der Waals surface area (Å²) in [4.78, 5) is 7.64. The summed E-state index contributed by atoms with van der Waals surface area (Å²) in [6.07, 6.45) is 1.82. The average Bonchev–Trinajstić information content (AvgIpc) is 2.74. The third-order valence-corrected chi connectivity index (χ3v) is 4.15. The van der Waals surface area contributed by atoms with Crippen LogP contribution < -0.4 is 5.46 Å². The van der Waals surface area contributed by atoms with Crippen LogP contribution in [0.3, 0.4) is 0 Å². The Bertz CT molecular complexity index is 617. The molecule has 1 fully saturated rings. The van der Waals surface area contributed by atoms with Crippen LogP contribution in [0.15, 0.2) is 18.3 Å². The number of nitrogens with zero attached hydrogens (tertiary/aromatic N) is 1. The van der Waals surface area contributed by atoms with Gasteiger partial charge in [0.15, 0.2) is 0 Å². The van der Waals surface area contributed by atoms with Crippen LogP contribution in [0, 0.1) is 6.92 Å². The SMILES string of the molecule is Cc1cc2cc(B3OC(C)(C)C(C)(C)O3)cnc2[nH]1. The van der Waals surface area contributed by atoms with Crippen molar-refractivity contribution < 1.29 is 9.31 Å². The van der Waals surface area contributed by atoms with Gasteiger partial charge in [-0.1, -0.05) is 0 Å². The van der Waals surface area contributed by atoms with E-state index in [0.29, 0.717) is 0 Å². The largest absolute Gasteiger partial charge is 0.496 e. The van der Waals surface area contributed by atoms with E-state index in [1.807, 2.05) is 13.1 Å². The smallest absolute Gasteiger partial charge is 0.399 e. The van der Waals surface area contributed by atoms with Gasteiger partial charge in [0.2, 0.25) is 0 Å². The summed E-state index contributed by atoms with van der Waals surface area (Å²) < 4.78 is 12.1. The zero-order valence-electron chi connectivity index (χ0n) is 12.1. The van der Waals surface area contributed by atoms with E-state index in [0.717, 1.165) is 22.2 Å². The van der Waals surface area contributed by atoms with Gasteiger partial charge in [-0.2, -0.15) is 0 Å². The Morgan fingerprint density at radius 3 is 2.37 bits per heavy atom. The van der Waals surface area contributed by atoms with Crippen molar-refractivity contribution in [1.82, 2.24) is 9.97 Å². The lowest BCUT2D eigenvalue weighted by atomic mass is 9.80. The monoisotopic (exact) mass is 258 g/mol. The van der Waals surface area contributed by atoms with Gasteiger partial charge in [0.05, 0.1) is 11.2 Å². The summed E-state index contributed by atoms with van der Waals surface area (Å²) in [5, 5.41) is 1.09. The fourth-order valence-electron chi connectivity index (χ4n) is 2.28. The molecule has 0 unspecified atom stereocenters. The van der Waals surface area contributed by atoms with Gasteiger partial charge in [-0.25, -0.2) is 4.98 Å². The number of H-pyrrole nitrogens is 1. The number of rotatable bonds is 1. The van der Waals surface area contributed by atoms with Gasteiger partial charge in [0.1, 0.15) is 5.65 Å². The predicted octanol–water partition coefficient (Wildman–Crippen LogP) is 2.17. The van der Waals surface area contributed by atoms with Crippen molar-refractivity contribution in [3.05, 3.63) is 24.0 Å². The first kappa shape index (κ1) is 12.7. The minimum atomic E-state index is -0.350. The van der Waals surface area contributed by atoms with Gasteiger partial charge in [-0.05, 0) is 46.8 Å². The summed E-state index contributed by atoms with van der Waals surface area (Å²) in [5.74, 6) is 0. The van der Waals surface area contributed by atoms with Crippen molar-refractivity contribution in [1.29, 1.82) is 0 Å². The second kappa shape index (κ2) is 3.84. The third-order valence-electron chi connectivity index (χ3n) is 4.15. The molecule has 0 aromatic carbocycles. The second-order valence-electron chi connectivity index (χ2n) is 6.25. The van der Waals surface area contributed by atoms with Gasteiger partial charge in [0, 0.05) is 22.7 Å². The van der Waals surface area contributed by atoms with E-state index >= 15 is 0 Å². The summed E-state index contributed by atoms with van der Waals surface area (Å²) in [7, 11) is -0.350. The fraction of sp³-hybridized carbons (Fsp3) is 0.500. The van der Waals surface area contributed by atoms with E-state index in [-0.39, 0.29) is 18.3 Å². The van der Waals surface area contributed by atoms with Crippen molar-refractivity contribution in [2.45, 2.75) is 45.8 Å². The Hall–Kier alpha value is -1.33. The first-order chi connectivity index (χ1) is 8.78. The average molecular weight is 258 g/mol. The second-order valence-corrected chi connectivity index (χ2v) is 6.25. The normalized spacial score (nSPS) is 21.2. The molecule has 0 amide bonds. The van der Waals surface area contributed by atoms with Gasteiger partial charge < -0.3 is 14.3 Å². The number of aromatic amines is 1. The highest BCUT2D eigenvalue weighted by molar-refractivity contribution is 6.62. The van der Waals surface area contributed by atoms with Crippen LogP contribution in [0.4, 0.5) is 0 Å². The van der Waals surface area contributed by atoms with E-state index in [4.69, 9.17) is 9.31 Å². The van der Waals surface area contributed by atoms with E-state index in [1.54, 1.807) is 0 Å². The fourth-order valence-corrected chi connectivity index (χ4v) is 2.28. The molecule has 100 valence electrons. The molecule has 0 atom stereocenters. The highest BCUT2D eigenvalue weighted by atomic mass is 16.7. The molecular formula is C14H19BN2O2. The number of nitrogens with one attached hydrogen (secondary N) is 1. The molecule has 5 heteroatoms. The van der Waals surface area contributed by atoms with Crippen LogP contribution in [0.2, 0.25) is 0 Å². The number of aryl methyl sites for hydroxylation is 1. The maximum atomic E-state index is 6.03. The number of pyridine rings is 1. The minimum Gasteiger partial charge on any atom is -0.399 e. The van der Waals surface area contributed by atoms with Crippen LogP contribution in [0.5, 0.6) is 0 Å². The van der Waals surface area contributed by atoms with Crippen LogP contribution in [0.1, 0.15) is 33.4 Å². The number of hydrogen-bond acceptors (Lipinski definition) is 3. The minimum absolute atomic E-state index is 0.319. The van der Waals surface area contributed by atoms with Crippen LogP contribution in [-0.2, 0) is 9.31 Å². The molecule has 1 saturated heterocycles. The van der Waals surface area contributed by atoms with Crippen molar-refractivity contribution in [3.63, 3.8) is 0 Å². The molecule has 3 rings (SSSR count). The molecule has 1 aliphatic heterocycles. The standard InChI is InChI=1S/C14H19BN2O2/c1-9-6-10-7-11(8-16-12(10)17-9)15-18-13(2,3)14(4,5)19-15/h6-8H,1-5H3,(H,16,17). The number of aromatic nitrogens is 2. The maximum Gasteiger partial charge on any atom is 0.496 e. The lowest BCUT2D eigenvalue weighted by Crippen LogP contribution is -2.41. The topological polar surface area (TPSA) is 47.1 Å². The van der Waals surface area contributed by atoms with Crippen LogP contribution >= 0.6 is 0 Å². The van der Waals surface area contributed by atoms with E-state index in [9.17, 15) is 0 Å². The summed E-state index contributed by atoms with van der Waals surface area (Å²) in [5.41, 5.74) is 2.33. The zero-order chi connectivity index (χ0) is 13.8. The van der Waals surface area contributed by atoms with Crippen LogP contribution in [0.25, 0.3) is 11.0 Å². The highest BCUT2D eigenvalue weighted by Crippen LogP contribution is 2.36. The Kier molecular flexibility index (Phi) is 2.56. The first-order valence-electron chi connectivity index (χ1n) is 6.59. The van der Waals surface area contributed by atoms with Gasteiger partial charge in [0.25, 0.3) is 0 Å². The quantitative estimate of drug-likeness (QED) is 0.797. The van der Waals surface area contributed by atoms with Gasteiger partial charge in [-0.15, -0.1) is 0 Å². The Morgan fingerprint density at radius 2 is 1.74 bits per heavy atom. The molecule has 3 heterocycles.